The Bertz CT molecular complexity index is 387. The van der Waals surface area contributed by atoms with Crippen molar-refractivity contribution in [2.75, 3.05) is 13.1 Å². The van der Waals surface area contributed by atoms with Crippen LogP contribution in [0, 0.1) is 5.92 Å². The summed E-state index contributed by atoms with van der Waals surface area (Å²) in [5.41, 5.74) is 0. The number of nitrogens with one attached hydrogen (secondary N) is 2. The molecular weight excluding hydrogens is 254 g/mol. The number of piperidine rings is 1. The Morgan fingerprint density at radius 2 is 2.00 bits per heavy atom. The van der Waals surface area contributed by atoms with E-state index in [-0.39, 0.29) is 17.7 Å². The molecule has 20 heavy (non-hydrogen) atoms. The number of hydrogen-bond acceptors (Lipinski definition) is 3. The maximum Gasteiger partial charge on any atom is 0.228 e. The van der Waals surface area contributed by atoms with E-state index >= 15 is 0 Å². The van der Waals surface area contributed by atoms with E-state index in [0.29, 0.717) is 31.1 Å². The van der Waals surface area contributed by atoms with Crippen molar-refractivity contribution in [3.8, 4) is 0 Å². The van der Waals surface area contributed by atoms with Gasteiger partial charge in [0.2, 0.25) is 11.8 Å². The molecule has 3 aliphatic rings. The molecule has 2 N–H and O–H groups in total. The van der Waals surface area contributed by atoms with Gasteiger partial charge >= 0.3 is 0 Å². The SMILES string of the molecule is CCCN(C(=O)C1CNC(=O)C1)C1CC2CCC(C1)N2. The van der Waals surface area contributed by atoms with Crippen LogP contribution in [0.25, 0.3) is 0 Å². The third-order valence-electron chi connectivity index (χ3n) is 4.96. The summed E-state index contributed by atoms with van der Waals surface area (Å²) in [5.74, 6) is 0.0725. The summed E-state index contributed by atoms with van der Waals surface area (Å²) in [5, 5.41) is 6.41. The first-order valence-corrected chi connectivity index (χ1v) is 8.00. The number of amides is 2. The molecule has 0 saturated carbocycles. The fraction of sp³-hybridized carbons (Fsp3) is 0.867. The third kappa shape index (κ3) is 2.68. The second kappa shape index (κ2) is 5.72. The third-order valence-corrected chi connectivity index (χ3v) is 4.96. The Labute approximate surface area is 120 Å². The molecule has 3 saturated heterocycles. The zero-order valence-electron chi connectivity index (χ0n) is 12.2. The molecule has 0 aromatic carbocycles. The Kier molecular flexibility index (Phi) is 3.96. The van der Waals surface area contributed by atoms with E-state index in [0.717, 1.165) is 25.8 Å². The van der Waals surface area contributed by atoms with E-state index in [9.17, 15) is 9.59 Å². The van der Waals surface area contributed by atoms with Gasteiger partial charge in [0.15, 0.2) is 0 Å². The highest BCUT2D eigenvalue weighted by molar-refractivity contribution is 5.89. The lowest BCUT2D eigenvalue weighted by molar-refractivity contribution is -0.139. The summed E-state index contributed by atoms with van der Waals surface area (Å²) in [6.07, 6.45) is 6.01. The first kappa shape index (κ1) is 13.9. The smallest absolute Gasteiger partial charge is 0.228 e. The van der Waals surface area contributed by atoms with Crippen molar-refractivity contribution >= 4 is 11.8 Å². The van der Waals surface area contributed by atoms with Gasteiger partial charge in [0.05, 0.1) is 5.92 Å². The fourth-order valence-electron chi connectivity index (χ4n) is 4.01. The highest BCUT2D eigenvalue weighted by Crippen LogP contribution is 2.31. The zero-order valence-corrected chi connectivity index (χ0v) is 12.2. The lowest BCUT2D eigenvalue weighted by atomic mass is 9.96. The summed E-state index contributed by atoms with van der Waals surface area (Å²) in [4.78, 5) is 26.1. The molecule has 3 fully saturated rings. The van der Waals surface area contributed by atoms with Crippen LogP contribution in [0.15, 0.2) is 0 Å². The first-order chi connectivity index (χ1) is 9.67. The predicted molar refractivity (Wildman–Crippen MR) is 76.1 cm³/mol. The number of carbonyl (C=O) groups excluding carboxylic acids is 2. The van der Waals surface area contributed by atoms with Crippen molar-refractivity contribution in [3.63, 3.8) is 0 Å². The minimum Gasteiger partial charge on any atom is -0.355 e. The quantitative estimate of drug-likeness (QED) is 0.794. The van der Waals surface area contributed by atoms with Crippen LogP contribution in [0.2, 0.25) is 0 Å². The summed E-state index contributed by atoms with van der Waals surface area (Å²) in [6.45, 7) is 3.47. The maximum absolute atomic E-state index is 12.7. The van der Waals surface area contributed by atoms with Gasteiger partial charge in [-0.15, -0.1) is 0 Å². The van der Waals surface area contributed by atoms with Crippen molar-refractivity contribution in [2.24, 2.45) is 5.92 Å². The second-order valence-electron chi connectivity index (χ2n) is 6.50. The molecule has 2 bridgehead atoms. The van der Waals surface area contributed by atoms with Crippen molar-refractivity contribution in [3.05, 3.63) is 0 Å². The highest BCUT2D eigenvalue weighted by Gasteiger charge is 2.40. The Hall–Kier alpha value is -1.10. The van der Waals surface area contributed by atoms with Crippen LogP contribution >= 0.6 is 0 Å². The molecule has 5 heteroatoms. The largest absolute Gasteiger partial charge is 0.355 e. The summed E-state index contributed by atoms with van der Waals surface area (Å²) < 4.78 is 0. The van der Waals surface area contributed by atoms with E-state index in [1.54, 1.807) is 0 Å². The number of fused-ring (bicyclic) bond motifs is 2. The molecule has 112 valence electrons. The summed E-state index contributed by atoms with van der Waals surface area (Å²) >= 11 is 0. The van der Waals surface area contributed by atoms with Gasteiger partial charge in [0.25, 0.3) is 0 Å². The van der Waals surface area contributed by atoms with Gasteiger partial charge in [-0.2, -0.15) is 0 Å². The molecule has 2 amide bonds. The normalized spacial score (nSPS) is 36.0. The Balaban J connectivity index is 1.68. The van der Waals surface area contributed by atoms with Crippen LogP contribution in [0.4, 0.5) is 0 Å². The minimum atomic E-state index is -0.137. The lowest BCUT2D eigenvalue weighted by Gasteiger charge is -2.38. The Morgan fingerprint density at radius 1 is 1.30 bits per heavy atom. The Morgan fingerprint density at radius 3 is 2.55 bits per heavy atom. The molecular formula is C15H25N3O2. The highest BCUT2D eigenvalue weighted by atomic mass is 16.2. The summed E-state index contributed by atoms with van der Waals surface area (Å²) in [7, 11) is 0. The van der Waals surface area contributed by atoms with Crippen molar-refractivity contribution in [1.29, 1.82) is 0 Å². The maximum atomic E-state index is 12.7. The first-order valence-electron chi connectivity index (χ1n) is 8.00. The molecule has 0 aliphatic carbocycles. The van der Waals surface area contributed by atoms with Crippen LogP contribution in [0.5, 0.6) is 0 Å². The van der Waals surface area contributed by atoms with E-state index in [4.69, 9.17) is 0 Å². The number of rotatable bonds is 4. The molecule has 3 aliphatic heterocycles. The van der Waals surface area contributed by atoms with E-state index in [1.165, 1.54) is 12.8 Å². The van der Waals surface area contributed by atoms with Gasteiger partial charge < -0.3 is 15.5 Å². The van der Waals surface area contributed by atoms with E-state index in [2.05, 4.69) is 22.5 Å². The standard InChI is InChI=1S/C15H25N3O2/c1-2-5-18(15(20)10-6-14(19)16-9-10)13-7-11-3-4-12(8-13)17-11/h10-13,17H,2-9H2,1H3,(H,16,19). The molecule has 3 atom stereocenters. The number of carbonyl (C=O) groups is 2. The van der Waals surface area contributed by atoms with E-state index in [1.807, 2.05) is 0 Å². The van der Waals surface area contributed by atoms with Gasteiger partial charge in [-0.3, -0.25) is 9.59 Å². The van der Waals surface area contributed by atoms with Gasteiger partial charge in [-0.05, 0) is 32.1 Å². The number of nitrogens with zero attached hydrogens (tertiary/aromatic N) is 1. The average Bonchev–Trinajstić information content (AvgIpc) is 3.01. The van der Waals surface area contributed by atoms with Crippen LogP contribution in [-0.4, -0.2) is 47.9 Å². The molecule has 5 nitrogen and oxygen atoms in total. The number of hydrogen-bond donors (Lipinski definition) is 2. The second-order valence-corrected chi connectivity index (χ2v) is 6.50. The molecule has 0 spiro atoms. The molecule has 3 unspecified atom stereocenters. The lowest BCUT2D eigenvalue weighted by Crippen LogP contribution is -2.52. The molecule has 0 aromatic rings. The molecule has 3 rings (SSSR count). The zero-order chi connectivity index (χ0) is 14.1. The van der Waals surface area contributed by atoms with Gasteiger partial charge in [0, 0.05) is 37.6 Å². The molecule has 0 radical (unpaired) electrons. The van der Waals surface area contributed by atoms with Crippen molar-refractivity contribution < 1.29 is 9.59 Å². The van der Waals surface area contributed by atoms with Crippen LogP contribution in [0.3, 0.4) is 0 Å². The minimum absolute atomic E-state index is 0.0187. The topological polar surface area (TPSA) is 61.4 Å². The van der Waals surface area contributed by atoms with E-state index < -0.39 is 0 Å². The fourth-order valence-corrected chi connectivity index (χ4v) is 4.01. The molecule has 0 aromatic heterocycles. The van der Waals surface area contributed by atoms with Crippen molar-refractivity contribution in [1.82, 2.24) is 15.5 Å². The average molecular weight is 279 g/mol. The van der Waals surface area contributed by atoms with Crippen LogP contribution in [-0.2, 0) is 9.59 Å². The van der Waals surface area contributed by atoms with Crippen LogP contribution < -0.4 is 10.6 Å². The summed E-state index contributed by atoms with van der Waals surface area (Å²) in [6, 6.07) is 1.56. The predicted octanol–water partition coefficient (Wildman–Crippen LogP) is 0.644. The van der Waals surface area contributed by atoms with Crippen LogP contribution in [0.1, 0.15) is 45.4 Å². The van der Waals surface area contributed by atoms with Crippen molar-refractivity contribution in [2.45, 2.75) is 63.6 Å². The monoisotopic (exact) mass is 279 g/mol. The van der Waals surface area contributed by atoms with Gasteiger partial charge in [-0.1, -0.05) is 6.92 Å². The van der Waals surface area contributed by atoms with Gasteiger partial charge in [-0.25, -0.2) is 0 Å². The van der Waals surface area contributed by atoms with Gasteiger partial charge in [0.1, 0.15) is 0 Å². The molecule has 3 heterocycles.